The fraction of sp³-hybridized carbons (Fsp3) is 0.0588. The van der Waals surface area contributed by atoms with E-state index in [1.807, 2.05) is 42.5 Å². The van der Waals surface area contributed by atoms with Gasteiger partial charge in [-0.2, -0.15) is 10.1 Å². The summed E-state index contributed by atoms with van der Waals surface area (Å²) in [5.41, 5.74) is 2.44. The van der Waals surface area contributed by atoms with Crippen molar-refractivity contribution in [2.45, 2.75) is 6.92 Å². The summed E-state index contributed by atoms with van der Waals surface area (Å²) in [6.07, 6.45) is 1.55. The molecule has 3 rings (SSSR count). The first-order chi connectivity index (χ1) is 11.7. The Hall–Kier alpha value is -3.48. The van der Waals surface area contributed by atoms with Crippen LogP contribution in [0.1, 0.15) is 6.92 Å². The number of carbonyl (C=O) groups excluding carboxylic acids is 1. The number of nitrogens with zero attached hydrogens (tertiary/aromatic N) is 3. The molecule has 0 unspecified atom stereocenters. The van der Waals surface area contributed by atoms with Crippen LogP contribution >= 0.6 is 0 Å². The van der Waals surface area contributed by atoms with E-state index in [-0.39, 0.29) is 5.91 Å². The highest BCUT2D eigenvalue weighted by atomic mass is 16.1. The first kappa shape index (κ1) is 15.4. The minimum absolute atomic E-state index is 0.108. The van der Waals surface area contributed by atoms with E-state index in [1.54, 1.807) is 18.3 Å². The quantitative estimate of drug-likeness (QED) is 0.668. The van der Waals surface area contributed by atoms with Crippen molar-refractivity contribution >= 4 is 34.7 Å². The van der Waals surface area contributed by atoms with E-state index >= 15 is 0 Å². The van der Waals surface area contributed by atoms with Crippen molar-refractivity contribution in [1.29, 1.82) is 0 Å². The lowest BCUT2D eigenvalue weighted by Crippen LogP contribution is -2.05. The van der Waals surface area contributed by atoms with Gasteiger partial charge in [-0.1, -0.05) is 18.2 Å². The molecule has 0 atom stereocenters. The fourth-order valence-corrected chi connectivity index (χ4v) is 2.06. The van der Waals surface area contributed by atoms with Crippen LogP contribution in [0.2, 0.25) is 0 Å². The smallest absolute Gasteiger partial charge is 0.249 e. The van der Waals surface area contributed by atoms with Gasteiger partial charge in [-0.25, -0.2) is 0 Å². The van der Waals surface area contributed by atoms with Crippen molar-refractivity contribution in [3.8, 4) is 0 Å². The third-order valence-corrected chi connectivity index (χ3v) is 3.07. The van der Waals surface area contributed by atoms with Crippen molar-refractivity contribution < 1.29 is 4.79 Å². The monoisotopic (exact) mass is 320 g/mol. The Morgan fingerprint density at radius 2 is 1.54 bits per heavy atom. The molecule has 1 amide bonds. The SMILES string of the molecule is CC(=O)Nc1ccc(Nc2nncc(Nc3ccccc3)n2)cc1. The number of aromatic nitrogens is 3. The highest BCUT2D eigenvalue weighted by Gasteiger charge is 2.02. The van der Waals surface area contributed by atoms with Gasteiger partial charge in [0.1, 0.15) is 0 Å². The van der Waals surface area contributed by atoms with Crippen LogP contribution in [0.3, 0.4) is 0 Å². The third kappa shape index (κ3) is 4.26. The Kier molecular flexibility index (Phi) is 4.62. The highest BCUT2D eigenvalue weighted by Crippen LogP contribution is 2.18. The normalized spacial score (nSPS) is 10.0. The zero-order valence-corrected chi connectivity index (χ0v) is 13.0. The summed E-state index contributed by atoms with van der Waals surface area (Å²) in [6.45, 7) is 1.47. The van der Waals surface area contributed by atoms with Gasteiger partial charge >= 0.3 is 0 Å². The third-order valence-electron chi connectivity index (χ3n) is 3.07. The van der Waals surface area contributed by atoms with E-state index in [1.165, 1.54) is 6.92 Å². The zero-order chi connectivity index (χ0) is 16.8. The molecule has 0 aliphatic carbocycles. The molecule has 7 nitrogen and oxygen atoms in total. The molecule has 0 spiro atoms. The molecule has 7 heteroatoms. The standard InChI is InChI=1S/C17H16N6O/c1-12(24)19-14-7-9-15(10-8-14)21-17-22-16(11-18-23-17)20-13-5-3-2-4-6-13/h2-11H,1H3,(H,19,24)(H2,20,21,22,23). The van der Waals surface area contributed by atoms with Gasteiger partial charge in [0, 0.05) is 24.0 Å². The summed E-state index contributed by atoms with van der Waals surface area (Å²) < 4.78 is 0. The van der Waals surface area contributed by atoms with E-state index in [0.717, 1.165) is 17.1 Å². The van der Waals surface area contributed by atoms with Crippen molar-refractivity contribution in [3.63, 3.8) is 0 Å². The number of anilines is 5. The maximum absolute atomic E-state index is 11.0. The topological polar surface area (TPSA) is 91.8 Å². The van der Waals surface area contributed by atoms with Crippen LogP contribution in [0.25, 0.3) is 0 Å². The maximum atomic E-state index is 11.0. The lowest BCUT2D eigenvalue weighted by Gasteiger charge is -2.08. The molecule has 2 aromatic carbocycles. The number of amides is 1. The average molecular weight is 320 g/mol. The molecular formula is C17H16N6O. The van der Waals surface area contributed by atoms with Gasteiger partial charge in [0.15, 0.2) is 5.82 Å². The van der Waals surface area contributed by atoms with Gasteiger partial charge in [0.25, 0.3) is 0 Å². The number of carbonyl (C=O) groups is 1. The Morgan fingerprint density at radius 3 is 2.25 bits per heavy atom. The molecule has 3 N–H and O–H groups in total. The molecule has 24 heavy (non-hydrogen) atoms. The van der Waals surface area contributed by atoms with E-state index < -0.39 is 0 Å². The Labute approximate surface area is 139 Å². The number of hydrogen-bond acceptors (Lipinski definition) is 6. The van der Waals surface area contributed by atoms with Gasteiger partial charge in [0.05, 0.1) is 6.20 Å². The van der Waals surface area contributed by atoms with Gasteiger partial charge in [0.2, 0.25) is 11.9 Å². The predicted molar refractivity (Wildman–Crippen MR) is 93.6 cm³/mol. The molecule has 120 valence electrons. The maximum Gasteiger partial charge on any atom is 0.249 e. The molecular weight excluding hydrogens is 304 g/mol. The summed E-state index contributed by atoms with van der Waals surface area (Å²) >= 11 is 0. The van der Waals surface area contributed by atoms with Gasteiger partial charge < -0.3 is 16.0 Å². The van der Waals surface area contributed by atoms with Crippen LogP contribution in [-0.4, -0.2) is 21.1 Å². The minimum Gasteiger partial charge on any atom is -0.339 e. The zero-order valence-electron chi connectivity index (χ0n) is 13.0. The average Bonchev–Trinajstić information content (AvgIpc) is 2.57. The molecule has 0 bridgehead atoms. The lowest BCUT2D eigenvalue weighted by atomic mass is 10.3. The van der Waals surface area contributed by atoms with Crippen LogP contribution in [0.5, 0.6) is 0 Å². The van der Waals surface area contributed by atoms with Crippen LogP contribution in [-0.2, 0) is 4.79 Å². The first-order valence-electron chi connectivity index (χ1n) is 7.35. The molecule has 3 aromatic rings. The van der Waals surface area contributed by atoms with Crippen LogP contribution in [0.4, 0.5) is 28.8 Å². The van der Waals surface area contributed by atoms with Crippen LogP contribution < -0.4 is 16.0 Å². The van der Waals surface area contributed by atoms with Crippen molar-refractivity contribution in [3.05, 3.63) is 60.8 Å². The number of para-hydroxylation sites is 1. The van der Waals surface area contributed by atoms with Crippen molar-refractivity contribution in [2.75, 3.05) is 16.0 Å². The molecule has 1 heterocycles. The number of benzene rings is 2. The second kappa shape index (κ2) is 7.19. The van der Waals surface area contributed by atoms with Crippen molar-refractivity contribution in [1.82, 2.24) is 15.2 Å². The molecule has 0 fully saturated rings. The molecule has 0 saturated carbocycles. The lowest BCUT2D eigenvalue weighted by molar-refractivity contribution is -0.114. The predicted octanol–water partition coefficient (Wildman–Crippen LogP) is 3.32. The Balaban J connectivity index is 1.69. The van der Waals surface area contributed by atoms with Gasteiger partial charge in [-0.3, -0.25) is 4.79 Å². The second-order valence-electron chi connectivity index (χ2n) is 5.04. The van der Waals surface area contributed by atoms with Gasteiger partial charge in [-0.05, 0) is 36.4 Å². The van der Waals surface area contributed by atoms with E-state index in [9.17, 15) is 4.79 Å². The minimum atomic E-state index is -0.108. The number of hydrogen-bond donors (Lipinski definition) is 3. The summed E-state index contributed by atoms with van der Waals surface area (Å²) in [5, 5.41) is 16.8. The largest absolute Gasteiger partial charge is 0.339 e. The van der Waals surface area contributed by atoms with Crippen molar-refractivity contribution in [2.24, 2.45) is 0 Å². The van der Waals surface area contributed by atoms with Crippen LogP contribution in [0.15, 0.2) is 60.8 Å². The summed E-state index contributed by atoms with van der Waals surface area (Å²) in [4.78, 5) is 15.4. The van der Waals surface area contributed by atoms with Gasteiger partial charge in [-0.15, -0.1) is 5.10 Å². The fourth-order valence-electron chi connectivity index (χ4n) is 2.06. The van der Waals surface area contributed by atoms with Crippen LogP contribution in [0, 0.1) is 0 Å². The number of rotatable bonds is 5. The number of nitrogens with one attached hydrogen (secondary N) is 3. The molecule has 1 aromatic heterocycles. The second-order valence-corrected chi connectivity index (χ2v) is 5.04. The summed E-state index contributed by atoms with van der Waals surface area (Å²) in [6, 6.07) is 16.9. The summed E-state index contributed by atoms with van der Waals surface area (Å²) in [5.74, 6) is 0.861. The molecule has 0 saturated heterocycles. The van der Waals surface area contributed by atoms with E-state index in [4.69, 9.17) is 0 Å². The van der Waals surface area contributed by atoms with E-state index in [0.29, 0.717) is 11.8 Å². The summed E-state index contributed by atoms with van der Waals surface area (Å²) in [7, 11) is 0. The molecule has 0 aliphatic heterocycles. The first-order valence-corrected chi connectivity index (χ1v) is 7.35. The Bertz CT molecular complexity index is 820. The highest BCUT2D eigenvalue weighted by molar-refractivity contribution is 5.88. The Morgan fingerprint density at radius 1 is 0.875 bits per heavy atom. The molecule has 0 radical (unpaired) electrons. The van der Waals surface area contributed by atoms with E-state index in [2.05, 4.69) is 31.1 Å². The molecule has 0 aliphatic rings.